The van der Waals surface area contributed by atoms with Crippen LogP contribution in [-0.2, 0) is 9.59 Å². The Hall–Kier alpha value is -2.63. The number of nitrogens with one attached hydrogen (secondary N) is 1. The molecule has 4 aliphatic carbocycles. The van der Waals surface area contributed by atoms with Gasteiger partial charge >= 0.3 is 11.9 Å². The van der Waals surface area contributed by atoms with Crippen molar-refractivity contribution in [1.29, 1.82) is 0 Å². The Balaban J connectivity index is 1.25. The van der Waals surface area contributed by atoms with Crippen LogP contribution < -0.4 is 14.8 Å². The Morgan fingerprint density at radius 2 is 1.60 bits per heavy atom. The van der Waals surface area contributed by atoms with Crippen LogP contribution in [0.25, 0.3) is 0 Å². The maximum Gasteiger partial charge on any atom is 0.308 e. The molecule has 0 unspecified atom stereocenters. The van der Waals surface area contributed by atoms with E-state index in [2.05, 4.69) is 46.9 Å². The average Bonchev–Trinajstić information content (AvgIpc) is 3.33. The highest BCUT2D eigenvalue weighted by molar-refractivity contribution is 5.95. The number of amides is 1. The maximum absolute atomic E-state index is 13.3. The topological polar surface area (TPSA) is 81.7 Å². The Bertz CT molecular complexity index is 1330. The molecule has 0 radical (unpaired) electrons. The lowest BCUT2D eigenvalue weighted by molar-refractivity contribution is -0.134. The van der Waals surface area contributed by atoms with Gasteiger partial charge in [0.05, 0.1) is 0 Å². The van der Waals surface area contributed by atoms with E-state index < -0.39 is 11.9 Å². The van der Waals surface area contributed by atoms with Gasteiger partial charge < -0.3 is 14.8 Å². The summed E-state index contributed by atoms with van der Waals surface area (Å²) in [6.45, 7) is 17.4. The fourth-order valence-electron chi connectivity index (χ4n) is 10.0. The molecular weight excluding hydrogens is 562 g/mol. The third-order valence-corrected chi connectivity index (χ3v) is 13.0. The second-order valence-electron chi connectivity index (χ2n) is 16.0. The van der Waals surface area contributed by atoms with E-state index in [9.17, 15) is 14.4 Å². The van der Waals surface area contributed by atoms with E-state index in [-0.39, 0.29) is 23.4 Å². The molecule has 4 aliphatic rings. The first-order chi connectivity index (χ1) is 21.2. The van der Waals surface area contributed by atoms with E-state index in [4.69, 9.17) is 9.47 Å². The minimum absolute atomic E-state index is 0.0763. The Morgan fingerprint density at radius 3 is 2.29 bits per heavy atom. The van der Waals surface area contributed by atoms with Gasteiger partial charge in [0.1, 0.15) is 0 Å². The lowest BCUT2D eigenvalue weighted by Crippen LogP contribution is -2.51. The van der Waals surface area contributed by atoms with Crippen LogP contribution in [0.3, 0.4) is 0 Å². The SMILES string of the molecule is CC(=O)Oc1ccc(C(=O)N[C@@H]2CC[C@@]3(C)[C@@H](CCC4=C5CC[C@H]([C@H](C)CC[C@H](C)C(C)C)[C@@]5(C)CC[C@@H]43)C2)cc1OC(C)=O. The van der Waals surface area contributed by atoms with Gasteiger partial charge in [-0.1, -0.05) is 65.5 Å². The van der Waals surface area contributed by atoms with Gasteiger partial charge in [-0.3, -0.25) is 14.4 Å². The summed E-state index contributed by atoms with van der Waals surface area (Å²) in [5, 5.41) is 3.29. The van der Waals surface area contributed by atoms with Crippen molar-refractivity contribution in [2.24, 2.45) is 46.3 Å². The lowest BCUT2D eigenvalue weighted by Gasteiger charge is -2.57. The highest BCUT2D eigenvalue weighted by Crippen LogP contribution is 2.66. The zero-order chi connectivity index (χ0) is 32.7. The van der Waals surface area contributed by atoms with Crippen molar-refractivity contribution in [3.8, 4) is 11.5 Å². The lowest BCUT2D eigenvalue weighted by atomic mass is 9.48. The summed E-state index contributed by atoms with van der Waals surface area (Å²) in [6.07, 6.45) is 13.6. The van der Waals surface area contributed by atoms with E-state index in [1.54, 1.807) is 6.07 Å². The van der Waals surface area contributed by atoms with Crippen LogP contribution in [0, 0.1) is 46.3 Å². The van der Waals surface area contributed by atoms with Crippen molar-refractivity contribution in [3.05, 3.63) is 34.9 Å². The summed E-state index contributed by atoms with van der Waals surface area (Å²) in [5.41, 5.74) is 4.76. The van der Waals surface area contributed by atoms with Gasteiger partial charge in [0, 0.05) is 25.5 Å². The molecule has 45 heavy (non-hydrogen) atoms. The minimum Gasteiger partial charge on any atom is -0.423 e. The van der Waals surface area contributed by atoms with Crippen LogP contribution in [0.4, 0.5) is 0 Å². The Labute approximate surface area is 271 Å². The van der Waals surface area contributed by atoms with Crippen LogP contribution >= 0.6 is 0 Å². The molecule has 248 valence electrons. The van der Waals surface area contributed by atoms with Crippen molar-refractivity contribution in [3.63, 3.8) is 0 Å². The molecule has 8 atom stereocenters. The van der Waals surface area contributed by atoms with Crippen molar-refractivity contribution < 1.29 is 23.9 Å². The zero-order valence-electron chi connectivity index (χ0n) is 29.1. The van der Waals surface area contributed by atoms with E-state index in [0.717, 1.165) is 42.9 Å². The number of benzene rings is 1. The number of carbonyl (C=O) groups is 3. The number of rotatable bonds is 9. The Morgan fingerprint density at radius 1 is 0.889 bits per heavy atom. The zero-order valence-corrected chi connectivity index (χ0v) is 29.1. The molecule has 6 nitrogen and oxygen atoms in total. The number of fused-ring (bicyclic) bond motifs is 4. The van der Waals surface area contributed by atoms with Gasteiger partial charge in [-0.05, 0) is 122 Å². The van der Waals surface area contributed by atoms with Gasteiger partial charge in [0.15, 0.2) is 11.5 Å². The number of esters is 2. The van der Waals surface area contributed by atoms with Gasteiger partial charge in [0.2, 0.25) is 0 Å². The number of carbonyl (C=O) groups excluding carboxylic acids is 3. The highest BCUT2D eigenvalue weighted by Gasteiger charge is 2.55. The second kappa shape index (κ2) is 13.2. The summed E-state index contributed by atoms with van der Waals surface area (Å²) in [7, 11) is 0. The molecule has 0 bridgehead atoms. The molecular formula is C39H57NO5. The van der Waals surface area contributed by atoms with Crippen molar-refractivity contribution >= 4 is 17.8 Å². The predicted molar refractivity (Wildman–Crippen MR) is 178 cm³/mol. The molecule has 5 rings (SSSR count). The van der Waals surface area contributed by atoms with Crippen molar-refractivity contribution in [2.45, 2.75) is 132 Å². The molecule has 1 amide bonds. The second-order valence-corrected chi connectivity index (χ2v) is 16.0. The molecule has 0 aliphatic heterocycles. The van der Waals surface area contributed by atoms with Gasteiger partial charge in [-0.15, -0.1) is 0 Å². The summed E-state index contributed by atoms with van der Waals surface area (Å²) < 4.78 is 10.4. The molecule has 0 spiro atoms. The number of allylic oxidation sites excluding steroid dienone is 2. The number of hydrogen-bond acceptors (Lipinski definition) is 5. The van der Waals surface area contributed by atoms with Crippen LogP contribution in [0.15, 0.2) is 29.3 Å². The smallest absolute Gasteiger partial charge is 0.308 e. The predicted octanol–water partition coefficient (Wildman–Crippen LogP) is 9.07. The maximum atomic E-state index is 13.3. The highest BCUT2D eigenvalue weighted by atomic mass is 16.6. The minimum atomic E-state index is -0.541. The molecule has 6 heteroatoms. The third-order valence-electron chi connectivity index (χ3n) is 13.0. The summed E-state index contributed by atoms with van der Waals surface area (Å²) in [5.74, 6) is 3.43. The van der Waals surface area contributed by atoms with Gasteiger partial charge in [-0.2, -0.15) is 0 Å². The standard InChI is InChI=1S/C39H57NO5/c1-23(2)24(3)9-10-25(4)32-14-15-33-31-13-12-29-22-30(17-19-38(29,7)34(31)18-20-39(32,33)8)40-37(43)28-11-16-35(44-26(5)41)36(21-28)45-27(6)42/h11,16,21,23-25,29-30,32,34H,9-10,12-15,17-20,22H2,1-8H3,(H,40,43)/t24-,25+,29-,30+,32+,34-,38-,39+/m0/s1. The molecule has 0 saturated heterocycles. The van der Waals surface area contributed by atoms with Crippen LogP contribution in [-0.4, -0.2) is 23.9 Å². The molecule has 3 fully saturated rings. The first-order valence-electron chi connectivity index (χ1n) is 17.8. The van der Waals surface area contributed by atoms with Gasteiger partial charge in [-0.25, -0.2) is 0 Å². The fourth-order valence-corrected chi connectivity index (χ4v) is 10.0. The molecule has 1 aromatic carbocycles. The summed E-state index contributed by atoms with van der Waals surface area (Å²) in [4.78, 5) is 36.5. The summed E-state index contributed by atoms with van der Waals surface area (Å²) >= 11 is 0. The van der Waals surface area contributed by atoms with E-state index in [1.165, 1.54) is 77.3 Å². The summed E-state index contributed by atoms with van der Waals surface area (Å²) in [6, 6.07) is 4.74. The first kappa shape index (κ1) is 33.7. The molecule has 0 heterocycles. The van der Waals surface area contributed by atoms with E-state index >= 15 is 0 Å². The van der Waals surface area contributed by atoms with Crippen LogP contribution in [0.1, 0.15) is 136 Å². The van der Waals surface area contributed by atoms with Crippen LogP contribution in [0.5, 0.6) is 11.5 Å². The molecule has 1 aromatic rings. The monoisotopic (exact) mass is 619 g/mol. The normalized spacial score (nSPS) is 32.2. The van der Waals surface area contributed by atoms with E-state index in [0.29, 0.717) is 28.2 Å². The largest absolute Gasteiger partial charge is 0.423 e. The van der Waals surface area contributed by atoms with Gasteiger partial charge in [0.25, 0.3) is 5.91 Å². The average molecular weight is 620 g/mol. The number of hydrogen-bond donors (Lipinski definition) is 1. The van der Waals surface area contributed by atoms with E-state index in [1.807, 2.05) is 11.1 Å². The van der Waals surface area contributed by atoms with Crippen molar-refractivity contribution in [2.75, 3.05) is 0 Å². The van der Waals surface area contributed by atoms with Crippen LogP contribution in [0.2, 0.25) is 0 Å². The quantitative estimate of drug-likeness (QED) is 0.169. The fraction of sp³-hybridized carbons (Fsp3) is 0.718. The Kier molecular flexibility index (Phi) is 9.92. The number of ether oxygens (including phenoxy) is 2. The van der Waals surface area contributed by atoms with Crippen molar-refractivity contribution in [1.82, 2.24) is 5.32 Å². The molecule has 1 N–H and O–H groups in total. The first-order valence-corrected chi connectivity index (χ1v) is 17.8. The molecule has 0 aromatic heterocycles. The third kappa shape index (κ3) is 6.76. The molecule has 3 saturated carbocycles.